The van der Waals surface area contributed by atoms with E-state index >= 15 is 0 Å². The number of carbonyl (C=O) groups excluding carboxylic acids is 1. The minimum Gasteiger partial charge on any atom is -0.492 e. The Bertz CT molecular complexity index is 375. The van der Waals surface area contributed by atoms with Crippen LogP contribution in [-0.4, -0.2) is 37.4 Å². The second kappa shape index (κ2) is 6.55. The topological polar surface area (TPSA) is 29.5 Å². The van der Waals surface area contributed by atoms with Gasteiger partial charge in [0.05, 0.1) is 0 Å². The molecule has 3 nitrogen and oxygen atoms in total. The molecule has 0 amide bonds. The highest BCUT2D eigenvalue weighted by Crippen LogP contribution is 2.15. The van der Waals surface area contributed by atoms with E-state index in [1.54, 1.807) is 12.1 Å². The van der Waals surface area contributed by atoms with Crippen LogP contribution in [0.4, 0.5) is 0 Å². The van der Waals surface area contributed by atoms with Crippen LogP contribution >= 0.6 is 0 Å². The number of piperidine rings is 1. The Morgan fingerprint density at radius 1 is 1.39 bits per heavy atom. The van der Waals surface area contributed by atoms with Crippen molar-refractivity contribution in [1.29, 1.82) is 0 Å². The zero-order valence-corrected chi connectivity index (χ0v) is 11.0. The van der Waals surface area contributed by atoms with Crippen LogP contribution in [0.3, 0.4) is 0 Å². The third-order valence-electron chi connectivity index (χ3n) is 3.43. The fraction of sp³-hybridized carbons (Fsp3) is 0.533. The van der Waals surface area contributed by atoms with Gasteiger partial charge in [-0.1, -0.05) is 6.92 Å². The molecule has 1 unspecified atom stereocenters. The molecule has 0 aromatic heterocycles. The molecular weight excluding hydrogens is 226 g/mol. The standard InChI is InChI=1S/C15H21NO2/c1-13-3-2-8-16(11-13)9-10-18-15-6-4-14(12-17)5-7-15/h4-7,12-13H,2-3,8-11H2,1H3. The molecule has 3 heteroatoms. The molecule has 0 N–H and O–H groups in total. The summed E-state index contributed by atoms with van der Waals surface area (Å²) in [6.45, 7) is 6.39. The summed E-state index contributed by atoms with van der Waals surface area (Å²) < 4.78 is 5.69. The summed E-state index contributed by atoms with van der Waals surface area (Å²) in [6.07, 6.45) is 3.50. The van der Waals surface area contributed by atoms with Gasteiger partial charge in [0, 0.05) is 18.7 Å². The molecule has 98 valence electrons. The fourth-order valence-corrected chi connectivity index (χ4v) is 2.43. The number of likely N-dealkylation sites (tertiary alicyclic amines) is 1. The predicted molar refractivity (Wildman–Crippen MR) is 72.2 cm³/mol. The van der Waals surface area contributed by atoms with Crippen molar-refractivity contribution >= 4 is 6.29 Å². The SMILES string of the molecule is CC1CCCN(CCOc2ccc(C=O)cc2)C1. The largest absolute Gasteiger partial charge is 0.492 e. The lowest BCUT2D eigenvalue weighted by atomic mass is 10.0. The highest BCUT2D eigenvalue weighted by molar-refractivity contribution is 5.74. The minimum atomic E-state index is 0.687. The van der Waals surface area contributed by atoms with Crippen molar-refractivity contribution in [3.8, 4) is 5.75 Å². The molecule has 1 atom stereocenters. The number of benzene rings is 1. The van der Waals surface area contributed by atoms with Gasteiger partial charge in [-0.3, -0.25) is 9.69 Å². The zero-order chi connectivity index (χ0) is 12.8. The number of hydrogen-bond acceptors (Lipinski definition) is 3. The van der Waals surface area contributed by atoms with E-state index in [9.17, 15) is 4.79 Å². The number of rotatable bonds is 5. The third kappa shape index (κ3) is 3.84. The maximum atomic E-state index is 10.5. The molecule has 0 aliphatic carbocycles. The van der Waals surface area contributed by atoms with Crippen molar-refractivity contribution in [2.75, 3.05) is 26.2 Å². The summed E-state index contributed by atoms with van der Waals surface area (Å²) in [5, 5.41) is 0. The molecule has 0 bridgehead atoms. The Hall–Kier alpha value is -1.35. The summed E-state index contributed by atoms with van der Waals surface area (Å²) in [7, 11) is 0. The van der Waals surface area contributed by atoms with Gasteiger partial charge >= 0.3 is 0 Å². The van der Waals surface area contributed by atoms with Gasteiger partial charge in [-0.2, -0.15) is 0 Å². The van der Waals surface area contributed by atoms with E-state index in [0.717, 1.165) is 24.5 Å². The van der Waals surface area contributed by atoms with Gasteiger partial charge < -0.3 is 4.74 Å². The number of aldehydes is 1. The van der Waals surface area contributed by atoms with Gasteiger partial charge in [-0.25, -0.2) is 0 Å². The van der Waals surface area contributed by atoms with E-state index < -0.39 is 0 Å². The highest BCUT2D eigenvalue weighted by atomic mass is 16.5. The lowest BCUT2D eigenvalue weighted by Gasteiger charge is -2.30. The molecule has 18 heavy (non-hydrogen) atoms. The fourth-order valence-electron chi connectivity index (χ4n) is 2.43. The summed E-state index contributed by atoms with van der Waals surface area (Å²) >= 11 is 0. The first-order chi connectivity index (χ1) is 8.78. The molecule has 2 rings (SSSR count). The molecule has 1 saturated heterocycles. The van der Waals surface area contributed by atoms with Gasteiger partial charge in [0.15, 0.2) is 0 Å². The third-order valence-corrected chi connectivity index (χ3v) is 3.43. The average molecular weight is 247 g/mol. The number of ether oxygens (including phenoxy) is 1. The van der Waals surface area contributed by atoms with Crippen LogP contribution < -0.4 is 4.74 Å². The molecule has 1 aromatic carbocycles. The van der Waals surface area contributed by atoms with Crippen LogP contribution in [-0.2, 0) is 0 Å². The quantitative estimate of drug-likeness (QED) is 0.749. The van der Waals surface area contributed by atoms with E-state index in [1.165, 1.54) is 25.9 Å². The van der Waals surface area contributed by atoms with Gasteiger partial charge in [-0.05, 0) is 49.6 Å². The van der Waals surface area contributed by atoms with E-state index in [0.29, 0.717) is 12.2 Å². The first-order valence-electron chi connectivity index (χ1n) is 6.68. The second-order valence-corrected chi connectivity index (χ2v) is 5.08. The summed E-state index contributed by atoms with van der Waals surface area (Å²) in [5.41, 5.74) is 0.687. The Balaban J connectivity index is 1.72. The van der Waals surface area contributed by atoms with Crippen molar-refractivity contribution in [2.45, 2.75) is 19.8 Å². The van der Waals surface area contributed by atoms with E-state index in [1.807, 2.05) is 12.1 Å². The van der Waals surface area contributed by atoms with Crippen molar-refractivity contribution < 1.29 is 9.53 Å². The molecule has 1 aliphatic heterocycles. The molecule has 1 aromatic rings. The zero-order valence-electron chi connectivity index (χ0n) is 11.0. The molecule has 1 heterocycles. The van der Waals surface area contributed by atoms with Gasteiger partial charge in [0.1, 0.15) is 18.6 Å². The van der Waals surface area contributed by atoms with Crippen LogP contribution in [0.2, 0.25) is 0 Å². The van der Waals surface area contributed by atoms with Crippen LogP contribution in [0.15, 0.2) is 24.3 Å². The Morgan fingerprint density at radius 3 is 2.83 bits per heavy atom. The summed E-state index contributed by atoms with van der Waals surface area (Å²) in [6, 6.07) is 7.27. The Labute approximate surface area is 109 Å². The molecule has 1 aliphatic rings. The normalized spacial score (nSPS) is 20.6. The monoisotopic (exact) mass is 247 g/mol. The minimum absolute atomic E-state index is 0.687. The predicted octanol–water partition coefficient (Wildman–Crippen LogP) is 2.61. The van der Waals surface area contributed by atoms with Crippen LogP contribution in [0, 0.1) is 5.92 Å². The lowest BCUT2D eigenvalue weighted by molar-refractivity contribution is 0.112. The van der Waals surface area contributed by atoms with Crippen molar-refractivity contribution in [2.24, 2.45) is 5.92 Å². The van der Waals surface area contributed by atoms with Crippen LogP contribution in [0.1, 0.15) is 30.1 Å². The Kier molecular flexibility index (Phi) is 4.76. The number of nitrogens with zero attached hydrogens (tertiary/aromatic N) is 1. The Morgan fingerprint density at radius 2 is 2.17 bits per heavy atom. The lowest BCUT2D eigenvalue weighted by Crippen LogP contribution is -2.37. The maximum Gasteiger partial charge on any atom is 0.150 e. The van der Waals surface area contributed by atoms with Gasteiger partial charge in [0.2, 0.25) is 0 Å². The molecule has 0 spiro atoms. The summed E-state index contributed by atoms with van der Waals surface area (Å²) in [5.74, 6) is 1.65. The molecule has 0 radical (unpaired) electrons. The van der Waals surface area contributed by atoms with Crippen molar-refractivity contribution in [3.63, 3.8) is 0 Å². The number of hydrogen-bond donors (Lipinski definition) is 0. The highest BCUT2D eigenvalue weighted by Gasteiger charge is 2.15. The van der Waals surface area contributed by atoms with Crippen molar-refractivity contribution in [3.05, 3.63) is 29.8 Å². The van der Waals surface area contributed by atoms with E-state index in [4.69, 9.17) is 4.74 Å². The molecule has 0 saturated carbocycles. The second-order valence-electron chi connectivity index (χ2n) is 5.08. The van der Waals surface area contributed by atoms with Gasteiger partial charge in [0.25, 0.3) is 0 Å². The van der Waals surface area contributed by atoms with Crippen molar-refractivity contribution in [1.82, 2.24) is 4.90 Å². The smallest absolute Gasteiger partial charge is 0.150 e. The first kappa shape index (κ1) is 13.1. The van der Waals surface area contributed by atoms with Crippen LogP contribution in [0.5, 0.6) is 5.75 Å². The first-order valence-corrected chi connectivity index (χ1v) is 6.68. The van der Waals surface area contributed by atoms with E-state index in [-0.39, 0.29) is 0 Å². The van der Waals surface area contributed by atoms with Crippen LogP contribution in [0.25, 0.3) is 0 Å². The van der Waals surface area contributed by atoms with Gasteiger partial charge in [-0.15, -0.1) is 0 Å². The maximum absolute atomic E-state index is 10.5. The molecule has 1 fully saturated rings. The molecular formula is C15H21NO2. The average Bonchev–Trinajstić information content (AvgIpc) is 2.40. The van der Waals surface area contributed by atoms with E-state index in [2.05, 4.69) is 11.8 Å². The summed E-state index contributed by atoms with van der Waals surface area (Å²) in [4.78, 5) is 13.0. The number of carbonyl (C=O) groups is 1.